The van der Waals surface area contributed by atoms with Gasteiger partial charge in [0.25, 0.3) is 0 Å². The molecule has 0 fully saturated rings. The van der Waals surface area contributed by atoms with Gasteiger partial charge in [0.2, 0.25) is 5.91 Å². The first kappa shape index (κ1) is 16.3. The smallest absolute Gasteiger partial charge is 0.374 e. The lowest BCUT2D eigenvalue weighted by Crippen LogP contribution is -2.37. The summed E-state index contributed by atoms with van der Waals surface area (Å²) >= 11 is 0. The molecule has 0 heterocycles. The minimum Gasteiger partial charge on any atom is -0.374 e. The average Bonchev–Trinajstić information content (AvgIpc) is 2.34. The van der Waals surface area contributed by atoms with E-state index in [0.717, 1.165) is 6.07 Å². The van der Waals surface area contributed by atoms with Crippen molar-refractivity contribution in [1.82, 2.24) is 4.90 Å². The summed E-state index contributed by atoms with van der Waals surface area (Å²) in [6.07, 6.45) is -4.55. The van der Waals surface area contributed by atoms with Gasteiger partial charge < -0.3 is 10.2 Å². The van der Waals surface area contributed by atoms with E-state index in [-0.39, 0.29) is 24.2 Å². The molecule has 0 aliphatic heterocycles. The van der Waals surface area contributed by atoms with Crippen LogP contribution >= 0.6 is 0 Å². The topological polar surface area (TPSA) is 32.3 Å². The Morgan fingerprint density at radius 2 is 1.95 bits per heavy atom. The summed E-state index contributed by atoms with van der Waals surface area (Å²) in [5.41, 5.74) is -1.31. The van der Waals surface area contributed by atoms with Crippen molar-refractivity contribution in [3.8, 4) is 0 Å². The first-order valence-electron chi connectivity index (χ1n) is 5.99. The van der Waals surface area contributed by atoms with Gasteiger partial charge in [-0.1, -0.05) is 0 Å². The Bertz CT molecular complexity index is 486. The van der Waals surface area contributed by atoms with Crippen molar-refractivity contribution in [3.63, 3.8) is 0 Å². The molecule has 0 aromatic heterocycles. The Labute approximate surface area is 114 Å². The monoisotopic (exact) mass is 292 g/mol. The third-order valence-electron chi connectivity index (χ3n) is 2.89. The van der Waals surface area contributed by atoms with Crippen LogP contribution in [-0.2, 0) is 11.0 Å². The van der Waals surface area contributed by atoms with Gasteiger partial charge in [0.05, 0.1) is 17.8 Å². The van der Waals surface area contributed by atoms with Crippen molar-refractivity contribution in [1.29, 1.82) is 0 Å². The van der Waals surface area contributed by atoms with E-state index in [4.69, 9.17) is 0 Å². The van der Waals surface area contributed by atoms with Gasteiger partial charge in [0, 0.05) is 13.1 Å². The Morgan fingerprint density at radius 3 is 2.45 bits per heavy atom. The van der Waals surface area contributed by atoms with E-state index in [1.165, 1.54) is 4.90 Å². The average molecular weight is 292 g/mol. The normalized spacial score (nSPS) is 11.6. The number of alkyl halides is 3. The van der Waals surface area contributed by atoms with Crippen LogP contribution in [-0.4, -0.2) is 30.4 Å². The molecular weight excluding hydrogens is 276 g/mol. The molecule has 0 radical (unpaired) electrons. The number of anilines is 1. The van der Waals surface area contributed by atoms with Crippen LogP contribution in [0.3, 0.4) is 0 Å². The van der Waals surface area contributed by atoms with Crippen molar-refractivity contribution in [2.45, 2.75) is 26.1 Å². The molecule has 1 rings (SSSR count). The Hall–Kier alpha value is -1.79. The quantitative estimate of drug-likeness (QED) is 0.865. The van der Waals surface area contributed by atoms with Gasteiger partial charge >= 0.3 is 6.18 Å². The van der Waals surface area contributed by atoms with Crippen LogP contribution in [0, 0.1) is 5.82 Å². The highest BCUT2D eigenvalue weighted by molar-refractivity contribution is 5.80. The molecule has 3 nitrogen and oxygen atoms in total. The van der Waals surface area contributed by atoms with Crippen molar-refractivity contribution in [3.05, 3.63) is 29.6 Å². The van der Waals surface area contributed by atoms with Crippen molar-refractivity contribution < 1.29 is 22.4 Å². The van der Waals surface area contributed by atoms with Crippen molar-refractivity contribution >= 4 is 11.6 Å². The number of amides is 1. The molecule has 0 unspecified atom stereocenters. The second-order valence-corrected chi connectivity index (χ2v) is 4.64. The maximum absolute atomic E-state index is 13.4. The number of rotatable bonds is 4. The predicted molar refractivity (Wildman–Crippen MR) is 67.8 cm³/mol. The molecule has 0 saturated heterocycles. The summed E-state index contributed by atoms with van der Waals surface area (Å²) < 4.78 is 50.9. The van der Waals surface area contributed by atoms with E-state index in [2.05, 4.69) is 5.32 Å². The molecule has 0 bridgehead atoms. The summed E-state index contributed by atoms with van der Waals surface area (Å²) in [6.45, 7) is 3.32. The summed E-state index contributed by atoms with van der Waals surface area (Å²) in [5.74, 6) is -1.17. The van der Waals surface area contributed by atoms with E-state index >= 15 is 0 Å². The lowest BCUT2D eigenvalue weighted by atomic mass is 10.2. The van der Waals surface area contributed by atoms with Crippen LogP contribution in [0.25, 0.3) is 0 Å². The Balaban J connectivity index is 2.80. The number of carbonyl (C=O) groups excluding carboxylic acids is 1. The van der Waals surface area contributed by atoms with Gasteiger partial charge in [-0.05, 0) is 32.0 Å². The third kappa shape index (κ3) is 4.11. The Kier molecular flexibility index (Phi) is 4.97. The van der Waals surface area contributed by atoms with Crippen LogP contribution in [0.5, 0.6) is 0 Å². The summed E-state index contributed by atoms with van der Waals surface area (Å²) in [6, 6.07) is 1.98. The lowest BCUT2D eigenvalue weighted by molar-refractivity contribution is -0.137. The molecule has 1 N–H and O–H groups in total. The van der Waals surface area contributed by atoms with Gasteiger partial charge in [0.15, 0.2) is 0 Å². The minimum absolute atomic E-state index is 0.0457. The molecule has 1 aromatic carbocycles. The number of likely N-dealkylation sites (N-methyl/N-ethyl adjacent to an activating group) is 1. The fourth-order valence-electron chi connectivity index (χ4n) is 1.42. The molecule has 0 aliphatic carbocycles. The second-order valence-electron chi connectivity index (χ2n) is 4.64. The maximum Gasteiger partial charge on any atom is 0.416 e. The van der Waals surface area contributed by atoms with Crippen molar-refractivity contribution in [2.75, 3.05) is 18.9 Å². The summed E-state index contributed by atoms with van der Waals surface area (Å²) in [4.78, 5) is 13.1. The van der Waals surface area contributed by atoms with E-state index < -0.39 is 17.6 Å². The number of halogens is 4. The zero-order valence-corrected chi connectivity index (χ0v) is 11.4. The maximum atomic E-state index is 13.4. The first-order valence-corrected chi connectivity index (χ1v) is 5.99. The highest BCUT2D eigenvalue weighted by atomic mass is 19.4. The van der Waals surface area contributed by atoms with Crippen LogP contribution in [0.1, 0.15) is 19.4 Å². The van der Waals surface area contributed by atoms with Gasteiger partial charge in [-0.15, -0.1) is 0 Å². The number of hydrogen-bond acceptors (Lipinski definition) is 2. The van der Waals surface area contributed by atoms with Gasteiger partial charge in [-0.2, -0.15) is 13.2 Å². The van der Waals surface area contributed by atoms with Crippen molar-refractivity contribution in [2.24, 2.45) is 0 Å². The third-order valence-corrected chi connectivity index (χ3v) is 2.89. The first-order chi connectivity index (χ1) is 9.12. The molecule has 0 aliphatic rings. The van der Waals surface area contributed by atoms with Crippen LogP contribution in [0.15, 0.2) is 18.2 Å². The molecule has 7 heteroatoms. The standard InChI is InChI=1S/C13H16F4N2O/c1-8(2)19(3)12(20)7-18-11-6-9(13(15,16)17)4-5-10(11)14/h4-6,8,18H,7H2,1-3H3. The number of benzene rings is 1. The number of nitrogens with one attached hydrogen (secondary N) is 1. The second kappa shape index (κ2) is 6.11. The molecule has 1 amide bonds. The fourth-order valence-corrected chi connectivity index (χ4v) is 1.42. The van der Waals surface area contributed by atoms with Gasteiger partial charge in [-0.3, -0.25) is 4.79 Å². The Morgan fingerprint density at radius 1 is 1.35 bits per heavy atom. The molecule has 112 valence electrons. The van der Waals surface area contributed by atoms with E-state index in [1.807, 2.05) is 0 Å². The van der Waals surface area contributed by atoms with E-state index in [9.17, 15) is 22.4 Å². The molecule has 1 aromatic rings. The number of hydrogen-bond donors (Lipinski definition) is 1. The van der Waals surface area contributed by atoms with E-state index in [0.29, 0.717) is 12.1 Å². The zero-order valence-electron chi connectivity index (χ0n) is 11.4. The van der Waals surface area contributed by atoms with Crippen LogP contribution in [0.2, 0.25) is 0 Å². The SMILES string of the molecule is CC(C)N(C)C(=O)CNc1cc(C(F)(F)F)ccc1F. The van der Waals surface area contributed by atoms with Crippen LogP contribution < -0.4 is 5.32 Å². The van der Waals surface area contributed by atoms with E-state index in [1.54, 1.807) is 20.9 Å². The molecule has 0 spiro atoms. The van der Waals surface area contributed by atoms with Gasteiger partial charge in [0.1, 0.15) is 5.82 Å². The molecule has 0 atom stereocenters. The lowest BCUT2D eigenvalue weighted by Gasteiger charge is -2.22. The summed E-state index contributed by atoms with van der Waals surface area (Å²) in [7, 11) is 1.57. The largest absolute Gasteiger partial charge is 0.416 e. The van der Waals surface area contributed by atoms with Crippen LogP contribution in [0.4, 0.5) is 23.2 Å². The number of nitrogens with zero attached hydrogens (tertiary/aromatic N) is 1. The predicted octanol–water partition coefficient (Wildman–Crippen LogP) is 3.12. The highest BCUT2D eigenvalue weighted by Crippen LogP contribution is 2.31. The van der Waals surface area contributed by atoms with Gasteiger partial charge in [-0.25, -0.2) is 4.39 Å². The minimum atomic E-state index is -4.55. The number of carbonyl (C=O) groups is 1. The highest BCUT2D eigenvalue weighted by Gasteiger charge is 2.31. The summed E-state index contributed by atoms with van der Waals surface area (Å²) in [5, 5.41) is 2.39. The molecule has 20 heavy (non-hydrogen) atoms. The molecular formula is C13H16F4N2O. The fraction of sp³-hybridized carbons (Fsp3) is 0.462. The zero-order chi connectivity index (χ0) is 15.5. The molecule has 0 saturated carbocycles.